The summed E-state index contributed by atoms with van der Waals surface area (Å²) in [6.45, 7) is 4.53. The van der Waals surface area contributed by atoms with Crippen molar-refractivity contribution < 1.29 is 14.7 Å². The molecule has 0 bridgehead atoms. The molecule has 1 atom stereocenters. The highest BCUT2D eigenvalue weighted by molar-refractivity contribution is 5.94. The molecule has 1 unspecified atom stereocenters. The lowest BCUT2D eigenvalue weighted by atomic mass is 10.0. The smallest absolute Gasteiger partial charge is 0.336 e. The summed E-state index contributed by atoms with van der Waals surface area (Å²) < 4.78 is 0. The van der Waals surface area contributed by atoms with Gasteiger partial charge >= 0.3 is 12.0 Å². The molecule has 1 aromatic carbocycles. The number of urea groups is 1. The van der Waals surface area contributed by atoms with Gasteiger partial charge in [-0.05, 0) is 50.8 Å². The monoisotopic (exact) mass is 276 g/mol. The lowest BCUT2D eigenvalue weighted by Gasteiger charge is -2.33. The second kappa shape index (κ2) is 5.94. The molecule has 0 saturated carbocycles. The van der Waals surface area contributed by atoms with E-state index < -0.39 is 5.97 Å². The fourth-order valence-electron chi connectivity index (χ4n) is 2.53. The molecule has 5 heteroatoms. The fraction of sp³-hybridized carbons (Fsp3) is 0.467. The third-order valence-corrected chi connectivity index (χ3v) is 3.78. The second-order valence-electron chi connectivity index (χ2n) is 5.30. The highest BCUT2D eigenvalue weighted by Crippen LogP contribution is 2.19. The van der Waals surface area contributed by atoms with Gasteiger partial charge in [0.05, 0.1) is 5.56 Å². The van der Waals surface area contributed by atoms with E-state index in [9.17, 15) is 9.59 Å². The maximum atomic E-state index is 12.2. The van der Waals surface area contributed by atoms with E-state index in [0.29, 0.717) is 11.3 Å². The van der Waals surface area contributed by atoms with Crippen LogP contribution in [0.15, 0.2) is 18.2 Å². The van der Waals surface area contributed by atoms with Crippen molar-refractivity contribution in [3.63, 3.8) is 0 Å². The Hall–Kier alpha value is -2.04. The van der Waals surface area contributed by atoms with Crippen LogP contribution in [-0.2, 0) is 0 Å². The zero-order valence-electron chi connectivity index (χ0n) is 11.8. The number of carboxylic acids is 1. The van der Waals surface area contributed by atoms with Crippen LogP contribution in [0.25, 0.3) is 0 Å². The molecule has 1 saturated heterocycles. The number of nitrogens with one attached hydrogen (secondary N) is 1. The van der Waals surface area contributed by atoms with E-state index in [2.05, 4.69) is 5.32 Å². The van der Waals surface area contributed by atoms with Crippen LogP contribution in [0, 0.1) is 6.92 Å². The van der Waals surface area contributed by atoms with Crippen molar-refractivity contribution in [2.24, 2.45) is 0 Å². The Bertz CT molecular complexity index is 528. The summed E-state index contributed by atoms with van der Waals surface area (Å²) in [7, 11) is 0. The van der Waals surface area contributed by atoms with Crippen LogP contribution >= 0.6 is 0 Å². The predicted molar refractivity (Wildman–Crippen MR) is 77.2 cm³/mol. The number of aromatic carboxylic acids is 1. The van der Waals surface area contributed by atoms with Crippen molar-refractivity contribution in [2.45, 2.75) is 39.2 Å². The number of anilines is 1. The van der Waals surface area contributed by atoms with Crippen molar-refractivity contribution in [1.82, 2.24) is 4.90 Å². The number of carboxylic acid groups (broad SMARTS) is 1. The second-order valence-corrected chi connectivity index (χ2v) is 5.30. The number of piperidine rings is 1. The number of benzene rings is 1. The number of hydrogen-bond acceptors (Lipinski definition) is 2. The van der Waals surface area contributed by atoms with Gasteiger partial charge in [0.15, 0.2) is 0 Å². The molecule has 2 N–H and O–H groups in total. The molecule has 0 spiro atoms. The predicted octanol–water partition coefficient (Wildman–Crippen LogP) is 3.10. The Kier molecular flexibility index (Phi) is 4.27. The fourth-order valence-corrected chi connectivity index (χ4v) is 2.53. The van der Waals surface area contributed by atoms with Crippen LogP contribution in [-0.4, -0.2) is 34.6 Å². The average molecular weight is 276 g/mol. The molecule has 0 radical (unpaired) electrons. The van der Waals surface area contributed by atoms with Crippen molar-refractivity contribution in [1.29, 1.82) is 0 Å². The summed E-state index contributed by atoms with van der Waals surface area (Å²) in [5, 5.41) is 11.9. The Morgan fingerprint density at radius 1 is 1.35 bits per heavy atom. The SMILES string of the molecule is Cc1ccc(NC(=O)N2CCCCC2C)cc1C(=O)O. The van der Waals surface area contributed by atoms with Gasteiger partial charge in [-0.1, -0.05) is 6.07 Å². The first-order valence-electron chi connectivity index (χ1n) is 6.90. The topological polar surface area (TPSA) is 69.6 Å². The number of rotatable bonds is 2. The summed E-state index contributed by atoms with van der Waals surface area (Å²) in [5.41, 5.74) is 1.42. The van der Waals surface area contributed by atoms with E-state index in [1.165, 1.54) is 6.07 Å². The standard InChI is InChI=1S/C15H20N2O3/c1-10-6-7-12(9-13(10)14(18)19)16-15(20)17-8-4-3-5-11(17)2/h6-7,9,11H,3-5,8H2,1-2H3,(H,16,20)(H,18,19). The molecule has 5 nitrogen and oxygen atoms in total. The van der Waals surface area contributed by atoms with Crippen LogP contribution in [0.1, 0.15) is 42.1 Å². The quantitative estimate of drug-likeness (QED) is 0.872. The third kappa shape index (κ3) is 3.10. The highest BCUT2D eigenvalue weighted by atomic mass is 16.4. The van der Waals surface area contributed by atoms with Crippen LogP contribution in [0.5, 0.6) is 0 Å². The van der Waals surface area contributed by atoms with E-state index >= 15 is 0 Å². The Labute approximate surface area is 118 Å². The third-order valence-electron chi connectivity index (χ3n) is 3.78. The molecule has 1 heterocycles. The maximum Gasteiger partial charge on any atom is 0.336 e. The van der Waals surface area contributed by atoms with Gasteiger partial charge < -0.3 is 15.3 Å². The Balaban J connectivity index is 2.11. The molecule has 1 aliphatic heterocycles. The van der Waals surface area contributed by atoms with Crippen LogP contribution in [0.3, 0.4) is 0 Å². The molecule has 1 aliphatic rings. The molecule has 1 aromatic rings. The number of carbonyl (C=O) groups is 2. The molecule has 2 amide bonds. The molecule has 108 valence electrons. The molecule has 0 aliphatic carbocycles. The molecule has 2 rings (SSSR count). The average Bonchev–Trinajstić information content (AvgIpc) is 2.41. The van der Waals surface area contributed by atoms with Gasteiger partial charge in [-0.2, -0.15) is 0 Å². The van der Waals surface area contributed by atoms with Crippen LogP contribution < -0.4 is 5.32 Å². The molecule has 0 aromatic heterocycles. The van der Waals surface area contributed by atoms with E-state index in [1.54, 1.807) is 19.1 Å². The number of nitrogens with zero attached hydrogens (tertiary/aromatic N) is 1. The summed E-state index contributed by atoms with van der Waals surface area (Å²) in [6, 6.07) is 5.02. The number of hydrogen-bond donors (Lipinski definition) is 2. The first-order chi connectivity index (χ1) is 9.49. The zero-order valence-corrected chi connectivity index (χ0v) is 11.8. The van der Waals surface area contributed by atoms with Gasteiger partial charge in [-0.3, -0.25) is 0 Å². The van der Waals surface area contributed by atoms with Crippen LogP contribution in [0.2, 0.25) is 0 Å². The maximum absolute atomic E-state index is 12.2. The van der Waals surface area contributed by atoms with Crippen molar-refractivity contribution in [2.75, 3.05) is 11.9 Å². The van der Waals surface area contributed by atoms with Gasteiger partial charge in [-0.25, -0.2) is 9.59 Å². The largest absolute Gasteiger partial charge is 0.478 e. The van der Waals surface area contributed by atoms with Crippen molar-refractivity contribution >= 4 is 17.7 Å². The number of aryl methyl sites for hydroxylation is 1. The van der Waals surface area contributed by atoms with Gasteiger partial charge in [0, 0.05) is 18.3 Å². The summed E-state index contributed by atoms with van der Waals surface area (Å²) >= 11 is 0. The van der Waals surface area contributed by atoms with Crippen molar-refractivity contribution in [3.8, 4) is 0 Å². The van der Waals surface area contributed by atoms with Gasteiger partial charge in [0.2, 0.25) is 0 Å². The molecule has 1 fully saturated rings. The van der Waals surface area contributed by atoms with Gasteiger partial charge in [-0.15, -0.1) is 0 Å². The lowest BCUT2D eigenvalue weighted by molar-refractivity contribution is 0.0696. The highest BCUT2D eigenvalue weighted by Gasteiger charge is 2.23. The first kappa shape index (κ1) is 14.4. The minimum absolute atomic E-state index is 0.155. The molecule has 20 heavy (non-hydrogen) atoms. The van der Waals surface area contributed by atoms with Crippen LogP contribution in [0.4, 0.5) is 10.5 Å². The van der Waals surface area contributed by atoms with Gasteiger partial charge in [0.25, 0.3) is 0 Å². The first-order valence-corrected chi connectivity index (χ1v) is 6.90. The summed E-state index contributed by atoms with van der Waals surface area (Å²) in [4.78, 5) is 25.1. The zero-order chi connectivity index (χ0) is 14.7. The Morgan fingerprint density at radius 3 is 2.75 bits per heavy atom. The normalized spacial score (nSPS) is 18.7. The lowest BCUT2D eigenvalue weighted by Crippen LogP contribution is -2.44. The minimum atomic E-state index is -0.982. The minimum Gasteiger partial charge on any atom is -0.478 e. The number of likely N-dealkylation sites (tertiary alicyclic amines) is 1. The van der Waals surface area contributed by atoms with E-state index in [0.717, 1.165) is 25.8 Å². The van der Waals surface area contributed by atoms with E-state index in [1.807, 2.05) is 11.8 Å². The summed E-state index contributed by atoms with van der Waals surface area (Å²) in [5.74, 6) is -0.982. The van der Waals surface area contributed by atoms with Crippen molar-refractivity contribution in [3.05, 3.63) is 29.3 Å². The number of amides is 2. The van der Waals surface area contributed by atoms with E-state index in [-0.39, 0.29) is 17.6 Å². The van der Waals surface area contributed by atoms with E-state index in [4.69, 9.17) is 5.11 Å². The summed E-state index contributed by atoms with van der Waals surface area (Å²) in [6.07, 6.45) is 3.19. The molecular weight excluding hydrogens is 256 g/mol. The Morgan fingerprint density at radius 2 is 2.10 bits per heavy atom. The molecular formula is C15H20N2O3. The van der Waals surface area contributed by atoms with Gasteiger partial charge in [0.1, 0.15) is 0 Å². The number of carbonyl (C=O) groups excluding carboxylic acids is 1.